The molecule has 0 bridgehead atoms. The van der Waals surface area contributed by atoms with Crippen molar-refractivity contribution in [3.63, 3.8) is 0 Å². The Balaban J connectivity index is 1.83. The second-order valence-electron chi connectivity index (χ2n) is 6.78. The fourth-order valence-corrected chi connectivity index (χ4v) is 4.34. The number of hydrogen-bond acceptors (Lipinski definition) is 4. The minimum atomic E-state index is -0.0214. The van der Waals surface area contributed by atoms with Gasteiger partial charge in [-0.1, -0.05) is 0 Å². The van der Waals surface area contributed by atoms with E-state index in [9.17, 15) is 0 Å². The lowest BCUT2D eigenvalue weighted by atomic mass is 9.85. The summed E-state index contributed by atoms with van der Waals surface area (Å²) < 4.78 is 5.86. The molecular weight excluding hydrogens is 226 g/mol. The van der Waals surface area contributed by atoms with Crippen molar-refractivity contribution in [3.8, 4) is 0 Å². The molecule has 0 aliphatic carbocycles. The van der Waals surface area contributed by atoms with Gasteiger partial charge in [0.15, 0.2) is 0 Å². The molecule has 104 valence electrons. The molecule has 3 heterocycles. The lowest BCUT2D eigenvalue weighted by Gasteiger charge is -2.50. The van der Waals surface area contributed by atoms with E-state index < -0.39 is 0 Å². The highest BCUT2D eigenvalue weighted by Crippen LogP contribution is 2.41. The highest BCUT2D eigenvalue weighted by atomic mass is 16.5. The van der Waals surface area contributed by atoms with Crippen LogP contribution in [0.3, 0.4) is 0 Å². The molecule has 0 spiro atoms. The largest absolute Gasteiger partial charge is 0.373 e. The van der Waals surface area contributed by atoms with E-state index in [1.54, 1.807) is 0 Å². The number of hydrogen-bond donors (Lipinski definition) is 1. The van der Waals surface area contributed by atoms with Gasteiger partial charge in [-0.2, -0.15) is 0 Å². The number of rotatable bonds is 2. The number of morpholine rings is 1. The molecule has 0 aromatic rings. The van der Waals surface area contributed by atoms with Crippen molar-refractivity contribution >= 4 is 0 Å². The Hall–Kier alpha value is -0.160. The van der Waals surface area contributed by atoms with E-state index in [0.717, 1.165) is 26.2 Å². The number of fused-ring (bicyclic) bond motifs is 1. The Morgan fingerprint density at radius 1 is 1.28 bits per heavy atom. The summed E-state index contributed by atoms with van der Waals surface area (Å²) in [7, 11) is 0. The summed E-state index contributed by atoms with van der Waals surface area (Å²) in [5.41, 5.74) is 6.43. The zero-order valence-corrected chi connectivity index (χ0v) is 11.8. The molecule has 4 heteroatoms. The molecule has 4 nitrogen and oxygen atoms in total. The maximum Gasteiger partial charge on any atom is 0.0753 e. The molecule has 2 unspecified atom stereocenters. The van der Waals surface area contributed by atoms with Crippen LogP contribution in [0, 0.1) is 0 Å². The molecule has 0 radical (unpaired) electrons. The summed E-state index contributed by atoms with van der Waals surface area (Å²) in [6.07, 6.45) is 3.92. The van der Waals surface area contributed by atoms with E-state index >= 15 is 0 Å². The minimum absolute atomic E-state index is 0.0214. The molecule has 2 atom stereocenters. The van der Waals surface area contributed by atoms with E-state index in [1.165, 1.54) is 32.4 Å². The van der Waals surface area contributed by atoms with Crippen molar-refractivity contribution in [3.05, 3.63) is 0 Å². The van der Waals surface area contributed by atoms with E-state index in [-0.39, 0.29) is 11.1 Å². The summed E-state index contributed by atoms with van der Waals surface area (Å²) in [5, 5.41) is 0. The van der Waals surface area contributed by atoms with E-state index in [1.807, 2.05) is 0 Å². The third kappa shape index (κ3) is 1.90. The molecule has 2 N–H and O–H groups in total. The summed E-state index contributed by atoms with van der Waals surface area (Å²) >= 11 is 0. The average molecular weight is 253 g/mol. The van der Waals surface area contributed by atoms with Crippen LogP contribution in [0.5, 0.6) is 0 Å². The normalized spacial score (nSPS) is 41.2. The quantitative estimate of drug-likeness (QED) is 0.785. The van der Waals surface area contributed by atoms with Crippen LogP contribution in [0.25, 0.3) is 0 Å². The summed E-state index contributed by atoms with van der Waals surface area (Å²) in [5.74, 6) is 0. The van der Waals surface area contributed by atoms with Crippen molar-refractivity contribution in [2.24, 2.45) is 5.73 Å². The third-order valence-electron chi connectivity index (χ3n) is 5.22. The predicted octanol–water partition coefficient (Wildman–Crippen LogP) is 0.663. The number of nitrogens with two attached hydrogens (primary N) is 1. The lowest BCUT2D eigenvalue weighted by Crippen LogP contribution is -2.65. The van der Waals surface area contributed by atoms with Crippen molar-refractivity contribution in [1.82, 2.24) is 9.80 Å². The van der Waals surface area contributed by atoms with Gasteiger partial charge in [0.2, 0.25) is 0 Å². The van der Waals surface area contributed by atoms with Gasteiger partial charge in [0.25, 0.3) is 0 Å². The maximum absolute atomic E-state index is 6.24. The first-order valence-corrected chi connectivity index (χ1v) is 7.41. The molecule has 3 rings (SSSR count). The molecule has 0 saturated carbocycles. The second-order valence-corrected chi connectivity index (χ2v) is 6.78. The van der Waals surface area contributed by atoms with Crippen LogP contribution >= 0.6 is 0 Å². The standard InChI is InChI=1S/C14H27N3O/c1-13(2)11-17(8-9-18-13)14(10-15)5-7-16-6-3-4-12(14)16/h12H,3-11,15H2,1-2H3. The van der Waals surface area contributed by atoms with Crippen LogP contribution in [-0.4, -0.2) is 66.3 Å². The fourth-order valence-electron chi connectivity index (χ4n) is 4.34. The second kappa shape index (κ2) is 4.44. The van der Waals surface area contributed by atoms with Gasteiger partial charge >= 0.3 is 0 Å². The van der Waals surface area contributed by atoms with Crippen LogP contribution in [0.4, 0.5) is 0 Å². The molecule has 3 fully saturated rings. The molecule has 3 saturated heterocycles. The van der Waals surface area contributed by atoms with Crippen molar-refractivity contribution < 1.29 is 4.74 Å². The Labute approximate surface area is 110 Å². The molecular formula is C14H27N3O. The monoisotopic (exact) mass is 253 g/mol. The van der Waals surface area contributed by atoms with Crippen LogP contribution in [-0.2, 0) is 4.74 Å². The van der Waals surface area contributed by atoms with Crippen LogP contribution in [0.15, 0.2) is 0 Å². The summed E-state index contributed by atoms with van der Waals surface area (Å²) in [6.45, 7) is 10.6. The van der Waals surface area contributed by atoms with Gasteiger partial charge in [0.05, 0.1) is 17.7 Å². The topological polar surface area (TPSA) is 41.7 Å². The van der Waals surface area contributed by atoms with E-state index in [4.69, 9.17) is 10.5 Å². The van der Waals surface area contributed by atoms with Crippen molar-refractivity contribution in [2.45, 2.75) is 50.3 Å². The summed E-state index contributed by atoms with van der Waals surface area (Å²) in [6, 6.07) is 0.691. The Morgan fingerprint density at radius 3 is 2.83 bits per heavy atom. The fraction of sp³-hybridized carbons (Fsp3) is 1.00. The number of nitrogens with zero attached hydrogens (tertiary/aromatic N) is 2. The molecule has 0 aromatic heterocycles. The average Bonchev–Trinajstić information content (AvgIpc) is 2.88. The van der Waals surface area contributed by atoms with E-state index in [2.05, 4.69) is 23.6 Å². The number of ether oxygens (including phenoxy) is 1. The van der Waals surface area contributed by atoms with Gasteiger partial charge in [-0.25, -0.2) is 0 Å². The molecule has 0 amide bonds. The zero-order valence-electron chi connectivity index (χ0n) is 11.8. The molecule has 3 aliphatic heterocycles. The van der Waals surface area contributed by atoms with Gasteiger partial charge in [-0.05, 0) is 39.7 Å². The molecule has 3 aliphatic rings. The Bertz CT molecular complexity index is 320. The van der Waals surface area contributed by atoms with Gasteiger partial charge in [0, 0.05) is 32.2 Å². The predicted molar refractivity (Wildman–Crippen MR) is 72.6 cm³/mol. The lowest BCUT2D eigenvalue weighted by molar-refractivity contribution is -0.119. The summed E-state index contributed by atoms with van der Waals surface area (Å²) in [4.78, 5) is 5.31. The van der Waals surface area contributed by atoms with Crippen molar-refractivity contribution in [1.29, 1.82) is 0 Å². The highest BCUT2D eigenvalue weighted by molar-refractivity contribution is 5.11. The zero-order chi connectivity index (χ0) is 12.8. The molecule has 0 aromatic carbocycles. The first-order chi connectivity index (χ1) is 8.57. The van der Waals surface area contributed by atoms with Crippen LogP contribution < -0.4 is 5.73 Å². The SMILES string of the molecule is CC1(C)CN(C2(CN)CCN3CCCC32)CCO1. The van der Waals surface area contributed by atoms with Crippen LogP contribution in [0.1, 0.15) is 33.1 Å². The van der Waals surface area contributed by atoms with Crippen LogP contribution in [0.2, 0.25) is 0 Å². The third-order valence-corrected chi connectivity index (χ3v) is 5.22. The minimum Gasteiger partial charge on any atom is -0.373 e. The first kappa shape index (κ1) is 12.9. The van der Waals surface area contributed by atoms with Gasteiger partial charge < -0.3 is 10.5 Å². The highest BCUT2D eigenvalue weighted by Gasteiger charge is 2.53. The van der Waals surface area contributed by atoms with E-state index in [0.29, 0.717) is 6.04 Å². The molecule has 18 heavy (non-hydrogen) atoms. The first-order valence-electron chi connectivity index (χ1n) is 7.41. The smallest absolute Gasteiger partial charge is 0.0753 e. The van der Waals surface area contributed by atoms with Gasteiger partial charge in [-0.15, -0.1) is 0 Å². The Morgan fingerprint density at radius 2 is 2.11 bits per heavy atom. The maximum atomic E-state index is 6.24. The van der Waals surface area contributed by atoms with Crippen molar-refractivity contribution in [2.75, 3.05) is 39.3 Å². The van der Waals surface area contributed by atoms with Gasteiger partial charge in [0.1, 0.15) is 0 Å². The van der Waals surface area contributed by atoms with Gasteiger partial charge in [-0.3, -0.25) is 9.80 Å². The Kier molecular flexibility index (Phi) is 3.17.